The normalized spacial score (nSPS) is 27.8. The minimum absolute atomic E-state index is 0.186. The summed E-state index contributed by atoms with van der Waals surface area (Å²) in [6.45, 7) is 7.15. The van der Waals surface area contributed by atoms with Crippen LogP contribution in [0.3, 0.4) is 0 Å². The second-order valence-corrected chi connectivity index (χ2v) is 7.84. The average Bonchev–Trinajstić information content (AvgIpc) is 2.64. The summed E-state index contributed by atoms with van der Waals surface area (Å²) in [5, 5.41) is 6.86. The molecule has 1 aromatic rings. The van der Waals surface area contributed by atoms with Crippen LogP contribution in [-0.2, 0) is 11.3 Å². The molecule has 2 saturated heterocycles. The van der Waals surface area contributed by atoms with Gasteiger partial charge >= 0.3 is 0 Å². The zero-order valence-electron chi connectivity index (χ0n) is 15.6. The second kappa shape index (κ2) is 8.81. The quantitative estimate of drug-likeness (QED) is 0.835. The third kappa shape index (κ3) is 4.83. The first kappa shape index (κ1) is 18.4. The number of carbonyl (C=O) groups is 1. The Kier molecular flexibility index (Phi) is 6.49. The molecule has 0 spiro atoms. The number of nitrogens with one attached hydrogen (secondary N) is 2. The molecular formula is C21H33N3O. The Hall–Kier alpha value is -1.39. The number of amides is 1. The summed E-state index contributed by atoms with van der Waals surface area (Å²) in [5.41, 5.74) is 1.17. The molecule has 0 aliphatic carbocycles. The third-order valence-corrected chi connectivity index (χ3v) is 5.77. The maximum absolute atomic E-state index is 13.1. The summed E-state index contributed by atoms with van der Waals surface area (Å²) in [7, 11) is 0. The second-order valence-electron chi connectivity index (χ2n) is 7.84. The van der Waals surface area contributed by atoms with Crippen LogP contribution in [0.4, 0.5) is 0 Å². The van der Waals surface area contributed by atoms with Crippen molar-refractivity contribution in [2.75, 3.05) is 26.2 Å². The Labute approximate surface area is 152 Å². The first-order valence-corrected chi connectivity index (χ1v) is 10.00. The molecule has 4 heteroatoms. The first-order valence-electron chi connectivity index (χ1n) is 10.00. The molecule has 2 N–H and O–H groups in total. The molecule has 2 heterocycles. The van der Waals surface area contributed by atoms with E-state index in [1.807, 2.05) is 0 Å². The van der Waals surface area contributed by atoms with Crippen LogP contribution in [0.2, 0.25) is 0 Å². The number of nitrogens with zero attached hydrogens (tertiary/aromatic N) is 1. The largest absolute Gasteiger partial charge is 0.352 e. The van der Waals surface area contributed by atoms with Crippen molar-refractivity contribution in [3.8, 4) is 0 Å². The van der Waals surface area contributed by atoms with Crippen molar-refractivity contribution in [3.63, 3.8) is 0 Å². The molecule has 2 aliphatic rings. The average molecular weight is 344 g/mol. The van der Waals surface area contributed by atoms with Crippen molar-refractivity contribution >= 4 is 5.91 Å². The van der Waals surface area contributed by atoms with Gasteiger partial charge in [-0.1, -0.05) is 43.7 Å². The van der Waals surface area contributed by atoms with E-state index < -0.39 is 0 Å². The monoisotopic (exact) mass is 343 g/mol. The van der Waals surface area contributed by atoms with Gasteiger partial charge in [0.05, 0.1) is 5.41 Å². The molecule has 25 heavy (non-hydrogen) atoms. The highest BCUT2D eigenvalue weighted by Gasteiger charge is 2.39. The van der Waals surface area contributed by atoms with Gasteiger partial charge in [0.1, 0.15) is 0 Å². The zero-order chi connectivity index (χ0) is 17.5. The van der Waals surface area contributed by atoms with Gasteiger partial charge in [-0.25, -0.2) is 0 Å². The van der Waals surface area contributed by atoms with E-state index >= 15 is 0 Å². The van der Waals surface area contributed by atoms with E-state index in [0.717, 1.165) is 71.2 Å². The minimum atomic E-state index is -0.186. The molecule has 0 bridgehead atoms. The van der Waals surface area contributed by atoms with E-state index in [0.29, 0.717) is 6.04 Å². The van der Waals surface area contributed by atoms with Gasteiger partial charge in [0.15, 0.2) is 0 Å². The van der Waals surface area contributed by atoms with Crippen molar-refractivity contribution in [2.45, 2.75) is 58.0 Å². The van der Waals surface area contributed by atoms with Crippen LogP contribution in [-0.4, -0.2) is 43.0 Å². The SMILES string of the molecule is CCCC1(C(=O)NC2CCCN(Cc3ccccc3)C2)CCCNC1. The molecule has 2 aliphatic heterocycles. The Morgan fingerprint density at radius 3 is 2.88 bits per heavy atom. The Balaban J connectivity index is 1.56. The Bertz CT molecular complexity index is 534. The summed E-state index contributed by atoms with van der Waals surface area (Å²) in [4.78, 5) is 15.6. The molecule has 4 nitrogen and oxygen atoms in total. The Morgan fingerprint density at radius 1 is 1.32 bits per heavy atom. The lowest BCUT2D eigenvalue weighted by atomic mass is 9.76. The lowest BCUT2D eigenvalue weighted by molar-refractivity contribution is -0.133. The summed E-state index contributed by atoms with van der Waals surface area (Å²) >= 11 is 0. The summed E-state index contributed by atoms with van der Waals surface area (Å²) < 4.78 is 0. The lowest BCUT2D eigenvalue weighted by Crippen LogP contribution is -2.55. The molecule has 3 rings (SSSR count). The Morgan fingerprint density at radius 2 is 2.16 bits per heavy atom. The van der Waals surface area contributed by atoms with Crippen molar-refractivity contribution in [3.05, 3.63) is 35.9 Å². The molecular weight excluding hydrogens is 310 g/mol. The summed E-state index contributed by atoms with van der Waals surface area (Å²) in [6.07, 6.45) is 6.47. The van der Waals surface area contributed by atoms with E-state index in [4.69, 9.17) is 0 Å². The molecule has 0 radical (unpaired) electrons. The van der Waals surface area contributed by atoms with Gasteiger partial charge in [0.2, 0.25) is 5.91 Å². The van der Waals surface area contributed by atoms with Crippen LogP contribution in [0.5, 0.6) is 0 Å². The van der Waals surface area contributed by atoms with Gasteiger partial charge in [-0.2, -0.15) is 0 Å². The highest BCUT2D eigenvalue weighted by molar-refractivity contribution is 5.83. The van der Waals surface area contributed by atoms with Crippen LogP contribution in [0.25, 0.3) is 0 Å². The van der Waals surface area contributed by atoms with Gasteiger partial charge in [0.25, 0.3) is 0 Å². The van der Waals surface area contributed by atoms with Gasteiger partial charge in [-0.05, 0) is 50.8 Å². The fourth-order valence-corrected chi connectivity index (χ4v) is 4.46. The fourth-order valence-electron chi connectivity index (χ4n) is 4.46. The highest BCUT2D eigenvalue weighted by Crippen LogP contribution is 2.32. The van der Waals surface area contributed by atoms with E-state index in [1.54, 1.807) is 0 Å². The highest BCUT2D eigenvalue weighted by atomic mass is 16.2. The van der Waals surface area contributed by atoms with Gasteiger partial charge in [-0.15, -0.1) is 0 Å². The van der Waals surface area contributed by atoms with Crippen molar-refractivity contribution in [1.29, 1.82) is 0 Å². The van der Waals surface area contributed by atoms with Crippen molar-refractivity contribution < 1.29 is 4.79 Å². The summed E-state index contributed by atoms with van der Waals surface area (Å²) in [6, 6.07) is 10.9. The topological polar surface area (TPSA) is 44.4 Å². The van der Waals surface area contributed by atoms with Crippen LogP contribution in [0, 0.1) is 5.41 Å². The van der Waals surface area contributed by atoms with E-state index in [1.165, 1.54) is 5.56 Å². The minimum Gasteiger partial charge on any atom is -0.352 e. The standard InChI is InChI=1S/C21H33N3O/c1-2-11-21(12-7-13-22-17-21)20(25)23-19-10-6-14-24(16-19)15-18-8-4-3-5-9-18/h3-5,8-9,19,22H,2,6-7,10-17H2,1H3,(H,23,25). The molecule has 138 valence electrons. The van der Waals surface area contributed by atoms with Crippen LogP contribution < -0.4 is 10.6 Å². The van der Waals surface area contributed by atoms with E-state index in [-0.39, 0.29) is 11.3 Å². The molecule has 1 amide bonds. The lowest BCUT2D eigenvalue weighted by Gasteiger charge is -2.39. The van der Waals surface area contributed by atoms with Gasteiger partial charge < -0.3 is 10.6 Å². The fraction of sp³-hybridized carbons (Fsp3) is 0.667. The van der Waals surface area contributed by atoms with Gasteiger partial charge in [-0.3, -0.25) is 9.69 Å². The van der Waals surface area contributed by atoms with Gasteiger partial charge in [0, 0.05) is 25.7 Å². The first-order chi connectivity index (χ1) is 12.2. The predicted octanol–water partition coefficient (Wildman–Crippen LogP) is 2.94. The molecule has 0 aromatic heterocycles. The maximum atomic E-state index is 13.1. The third-order valence-electron chi connectivity index (χ3n) is 5.77. The molecule has 2 fully saturated rings. The number of hydrogen-bond acceptors (Lipinski definition) is 3. The van der Waals surface area contributed by atoms with E-state index in [2.05, 4.69) is 52.8 Å². The number of hydrogen-bond donors (Lipinski definition) is 2. The number of piperidine rings is 2. The number of carbonyl (C=O) groups excluding carboxylic acids is 1. The zero-order valence-corrected chi connectivity index (χ0v) is 15.6. The van der Waals surface area contributed by atoms with Crippen LogP contribution in [0.1, 0.15) is 51.0 Å². The van der Waals surface area contributed by atoms with Crippen molar-refractivity contribution in [1.82, 2.24) is 15.5 Å². The molecule has 2 atom stereocenters. The molecule has 1 aromatic carbocycles. The summed E-state index contributed by atoms with van der Waals surface area (Å²) in [5.74, 6) is 0.285. The maximum Gasteiger partial charge on any atom is 0.227 e. The smallest absolute Gasteiger partial charge is 0.227 e. The number of likely N-dealkylation sites (tertiary alicyclic amines) is 1. The van der Waals surface area contributed by atoms with Crippen LogP contribution in [0.15, 0.2) is 30.3 Å². The molecule has 0 saturated carbocycles. The molecule has 2 unspecified atom stereocenters. The van der Waals surface area contributed by atoms with Crippen molar-refractivity contribution in [2.24, 2.45) is 5.41 Å². The van der Waals surface area contributed by atoms with E-state index in [9.17, 15) is 4.79 Å². The number of benzene rings is 1. The predicted molar refractivity (Wildman–Crippen MR) is 102 cm³/mol. The van der Waals surface area contributed by atoms with Crippen LogP contribution >= 0.6 is 0 Å². The number of rotatable bonds is 6.